The van der Waals surface area contributed by atoms with Crippen molar-refractivity contribution < 1.29 is 0 Å². The summed E-state index contributed by atoms with van der Waals surface area (Å²) in [6.45, 7) is 0.586. The van der Waals surface area contributed by atoms with Crippen molar-refractivity contribution in [3.63, 3.8) is 0 Å². The van der Waals surface area contributed by atoms with Crippen molar-refractivity contribution in [2.45, 2.75) is 37.9 Å². The normalized spacial score (nSPS) is 19.6. The number of benzene rings is 1. The van der Waals surface area contributed by atoms with E-state index in [1.165, 1.54) is 0 Å². The highest BCUT2D eigenvalue weighted by Gasteiger charge is 2.42. The summed E-state index contributed by atoms with van der Waals surface area (Å²) in [6.07, 6.45) is 4.10. The third-order valence-corrected chi connectivity index (χ3v) is 4.80. The van der Waals surface area contributed by atoms with Gasteiger partial charge in [-0.3, -0.25) is 0 Å². The first-order valence-corrected chi connectivity index (χ1v) is 7.67. The van der Waals surface area contributed by atoms with Gasteiger partial charge in [0.25, 0.3) is 0 Å². The quantitative estimate of drug-likeness (QED) is 0.848. The molecule has 2 aliphatic rings. The number of halogens is 3. The van der Waals surface area contributed by atoms with Crippen molar-refractivity contribution in [2.24, 2.45) is 21.5 Å². The molecule has 4 N–H and O–H groups in total. The Morgan fingerprint density at radius 3 is 2.45 bits per heavy atom. The van der Waals surface area contributed by atoms with Gasteiger partial charge in [-0.05, 0) is 43.4 Å². The molecular formula is C14H18Cl3N5. The van der Waals surface area contributed by atoms with Gasteiger partial charge in [-0.25, -0.2) is 4.99 Å². The van der Waals surface area contributed by atoms with Gasteiger partial charge < -0.3 is 16.4 Å². The highest BCUT2D eigenvalue weighted by molar-refractivity contribution is 6.42. The summed E-state index contributed by atoms with van der Waals surface area (Å²) in [6, 6.07) is 5.57. The van der Waals surface area contributed by atoms with E-state index in [4.69, 9.17) is 34.7 Å². The number of hydrogen-bond acceptors (Lipinski definition) is 5. The fraction of sp³-hybridized carbons (Fsp3) is 0.429. The van der Waals surface area contributed by atoms with Crippen LogP contribution in [0.25, 0.3) is 0 Å². The number of hydrogen-bond donors (Lipinski definition) is 2. The molecule has 1 fully saturated rings. The van der Waals surface area contributed by atoms with Crippen LogP contribution in [0.2, 0.25) is 10.0 Å². The Hall–Kier alpha value is -1.17. The van der Waals surface area contributed by atoms with Gasteiger partial charge >= 0.3 is 0 Å². The summed E-state index contributed by atoms with van der Waals surface area (Å²) in [5.74, 6) is 0.676. The van der Waals surface area contributed by atoms with Gasteiger partial charge in [0.15, 0.2) is 0 Å². The molecule has 0 unspecified atom stereocenters. The molecule has 0 radical (unpaired) electrons. The Kier molecular flexibility index (Phi) is 5.10. The average Bonchev–Trinajstić information content (AvgIpc) is 2.87. The van der Waals surface area contributed by atoms with Crippen molar-refractivity contribution in [1.82, 2.24) is 4.90 Å². The Bertz CT molecular complexity index is 623. The van der Waals surface area contributed by atoms with Crippen molar-refractivity contribution >= 4 is 47.5 Å². The van der Waals surface area contributed by atoms with Crippen LogP contribution in [0.5, 0.6) is 0 Å². The van der Waals surface area contributed by atoms with Crippen molar-refractivity contribution in [1.29, 1.82) is 0 Å². The number of aliphatic imine (C=N–C) groups is 2. The van der Waals surface area contributed by atoms with Crippen LogP contribution >= 0.6 is 35.6 Å². The summed E-state index contributed by atoms with van der Waals surface area (Å²) in [5.41, 5.74) is 12.6. The van der Waals surface area contributed by atoms with Gasteiger partial charge in [0.05, 0.1) is 10.0 Å². The number of rotatable bonds is 2. The van der Waals surface area contributed by atoms with E-state index in [9.17, 15) is 0 Å². The Morgan fingerprint density at radius 1 is 1.14 bits per heavy atom. The van der Waals surface area contributed by atoms with Crippen LogP contribution in [-0.4, -0.2) is 22.5 Å². The van der Waals surface area contributed by atoms with E-state index >= 15 is 0 Å². The van der Waals surface area contributed by atoms with Crippen LogP contribution in [0.4, 0.5) is 0 Å². The molecular weight excluding hydrogens is 345 g/mol. The molecule has 0 saturated heterocycles. The van der Waals surface area contributed by atoms with Gasteiger partial charge in [0.2, 0.25) is 11.9 Å². The standard InChI is InChI=1S/C14H17Cl2N5.ClH/c15-10-4-3-9(7-11(10)16)8-21-13(18)19-12(17)20-14(21)5-1-2-6-14;/h3-4,7H,1-2,5-6,8H2,(H4,17,18,19,20);1H. The van der Waals surface area contributed by atoms with E-state index in [1.807, 2.05) is 17.0 Å². The zero-order chi connectivity index (χ0) is 15.0. The van der Waals surface area contributed by atoms with Crippen LogP contribution in [0, 0.1) is 0 Å². The maximum absolute atomic E-state index is 6.10. The fourth-order valence-electron chi connectivity index (χ4n) is 3.06. The zero-order valence-electron chi connectivity index (χ0n) is 11.9. The third kappa shape index (κ3) is 3.12. The number of nitrogens with two attached hydrogens (primary N) is 2. The smallest absolute Gasteiger partial charge is 0.220 e. The van der Waals surface area contributed by atoms with E-state index in [0.717, 1.165) is 31.2 Å². The third-order valence-electron chi connectivity index (χ3n) is 4.06. The molecule has 0 atom stereocenters. The lowest BCUT2D eigenvalue weighted by molar-refractivity contribution is 0.173. The molecule has 1 heterocycles. The van der Waals surface area contributed by atoms with Crippen molar-refractivity contribution in [3.8, 4) is 0 Å². The van der Waals surface area contributed by atoms with E-state index in [0.29, 0.717) is 22.5 Å². The van der Waals surface area contributed by atoms with E-state index in [2.05, 4.69) is 9.98 Å². The molecule has 8 heteroatoms. The lowest BCUT2D eigenvalue weighted by Gasteiger charge is -2.41. The Balaban J connectivity index is 0.00000176. The molecule has 1 aliphatic heterocycles. The van der Waals surface area contributed by atoms with Crippen molar-refractivity contribution in [3.05, 3.63) is 33.8 Å². The highest BCUT2D eigenvalue weighted by atomic mass is 35.5. The minimum atomic E-state index is -0.359. The molecule has 1 aromatic rings. The molecule has 3 rings (SSSR count). The first kappa shape index (κ1) is 17.2. The fourth-order valence-corrected chi connectivity index (χ4v) is 3.38. The van der Waals surface area contributed by atoms with Crippen LogP contribution in [-0.2, 0) is 6.54 Å². The molecule has 1 saturated carbocycles. The average molecular weight is 363 g/mol. The van der Waals surface area contributed by atoms with Crippen LogP contribution in [0.15, 0.2) is 28.2 Å². The molecule has 5 nitrogen and oxygen atoms in total. The van der Waals surface area contributed by atoms with Crippen LogP contribution in [0.3, 0.4) is 0 Å². The predicted octanol–water partition coefficient (Wildman–Crippen LogP) is 3.13. The van der Waals surface area contributed by atoms with Gasteiger partial charge in [-0.1, -0.05) is 29.3 Å². The van der Waals surface area contributed by atoms with Crippen molar-refractivity contribution in [2.75, 3.05) is 0 Å². The van der Waals surface area contributed by atoms with E-state index < -0.39 is 0 Å². The molecule has 0 amide bonds. The second-order valence-corrected chi connectivity index (χ2v) is 6.28. The summed E-state index contributed by atoms with van der Waals surface area (Å²) < 4.78 is 0. The van der Waals surface area contributed by atoms with Gasteiger partial charge in [-0.15, -0.1) is 12.4 Å². The second-order valence-electron chi connectivity index (χ2n) is 5.46. The first-order valence-electron chi connectivity index (χ1n) is 6.91. The van der Waals surface area contributed by atoms with Gasteiger partial charge in [0, 0.05) is 6.54 Å². The lowest BCUT2D eigenvalue weighted by Crippen LogP contribution is -2.55. The molecule has 1 spiro atoms. The first-order chi connectivity index (χ1) is 10.00. The minimum Gasteiger partial charge on any atom is -0.369 e. The molecule has 120 valence electrons. The monoisotopic (exact) mass is 361 g/mol. The predicted molar refractivity (Wildman–Crippen MR) is 93.7 cm³/mol. The molecule has 1 aliphatic carbocycles. The van der Waals surface area contributed by atoms with Gasteiger partial charge in [0.1, 0.15) is 5.66 Å². The van der Waals surface area contributed by atoms with E-state index in [-0.39, 0.29) is 24.0 Å². The topological polar surface area (TPSA) is 80.0 Å². The zero-order valence-corrected chi connectivity index (χ0v) is 14.3. The Morgan fingerprint density at radius 2 is 1.82 bits per heavy atom. The lowest BCUT2D eigenvalue weighted by atomic mass is 10.1. The SMILES string of the molecule is Cl.NC1=NC2(CCCC2)N(Cc2ccc(Cl)c(Cl)c2)C(N)=N1. The van der Waals surface area contributed by atoms with Crippen LogP contribution < -0.4 is 11.5 Å². The molecule has 0 bridgehead atoms. The molecule has 1 aromatic carbocycles. The summed E-state index contributed by atoms with van der Waals surface area (Å²) in [7, 11) is 0. The van der Waals surface area contributed by atoms with E-state index in [1.54, 1.807) is 6.07 Å². The maximum atomic E-state index is 6.10. The molecule has 0 aromatic heterocycles. The largest absolute Gasteiger partial charge is 0.369 e. The number of guanidine groups is 2. The minimum absolute atomic E-state index is 0. The highest BCUT2D eigenvalue weighted by Crippen LogP contribution is 2.39. The second kappa shape index (κ2) is 6.52. The Labute approximate surface area is 145 Å². The summed E-state index contributed by atoms with van der Waals surface area (Å²) >= 11 is 12.0. The maximum Gasteiger partial charge on any atom is 0.220 e. The number of nitrogens with zero attached hydrogens (tertiary/aromatic N) is 3. The van der Waals surface area contributed by atoms with Gasteiger partial charge in [-0.2, -0.15) is 4.99 Å². The summed E-state index contributed by atoms with van der Waals surface area (Å²) in [5, 5.41) is 1.07. The summed E-state index contributed by atoms with van der Waals surface area (Å²) in [4.78, 5) is 10.7. The van der Waals surface area contributed by atoms with Crippen LogP contribution in [0.1, 0.15) is 31.2 Å². The molecule has 22 heavy (non-hydrogen) atoms.